The molecule has 228 valence electrons. The van der Waals surface area contributed by atoms with Crippen LogP contribution >= 0.6 is 0 Å². The monoisotopic (exact) mass is 616 g/mol. The van der Waals surface area contributed by atoms with Crippen LogP contribution in [0.4, 0.5) is 26.9 Å². The van der Waals surface area contributed by atoms with Crippen molar-refractivity contribution in [3.63, 3.8) is 0 Å². The lowest BCUT2D eigenvalue weighted by atomic mass is 10.1. The number of pyridine rings is 3. The molecule has 0 aliphatic heterocycles. The minimum Gasteiger partial charge on any atom is -0.443 e. The van der Waals surface area contributed by atoms with E-state index in [9.17, 15) is 18.0 Å². The number of anilines is 3. The van der Waals surface area contributed by atoms with E-state index in [4.69, 9.17) is 14.6 Å². The van der Waals surface area contributed by atoms with Crippen LogP contribution in [-0.4, -0.2) is 46.8 Å². The number of imide groups is 1. The molecule has 0 aliphatic carbocycles. The maximum Gasteiger partial charge on any atom is 0.425 e. The molecule has 12 nitrogen and oxygen atoms in total. The molecule has 13 heteroatoms. The van der Waals surface area contributed by atoms with Gasteiger partial charge in [0.05, 0.1) is 10.5 Å². The molecule has 0 atom stereocenters. The fraction of sp³-hybridized carbons (Fsp3) is 0.258. The van der Waals surface area contributed by atoms with Crippen LogP contribution < -0.4 is 15.4 Å². The average Bonchev–Trinajstić information content (AvgIpc) is 2.90. The van der Waals surface area contributed by atoms with Gasteiger partial charge in [0, 0.05) is 35.1 Å². The smallest absolute Gasteiger partial charge is 0.425 e. The van der Waals surface area contributed by atoms with Crippen molar-refractivity contribution in [1.29, 1.82) is 0 Å². The number of carbonyl (C=O) groups excluding carboxylic acids is 2. The van der Waals surface area contributed by atoms with Gasteiger partial charge in [-0.05, 0) is 96.0 Å². The third kappa shape index (κ3) is 8.27. The highest BCUT2D eigenvalue weighted by molar-refractivity contribution is 7.89. The first-order valence-corrected chi connectivity index (χ1v) is 14.9. The van der Waals surface area contributed by atoms with Gasteiger partial charge < -0.3 is 14.8 Å². The lowest BCUT2D eigenvalue weighted by Gasteiger charge is -2.28. The molecule has 4 aromatic rings. The zero-order valence-electron chi connectivity index (χ0n) is 25.1. The van der Waals surface area contributed by atoms with Crippen LogP contribution in [0.15, 0.2) is 72.0 Å². The first kappa shape index (κ1) is 31.9. The molecule has 0 aliphatic rings. The molecule has 44 heavy (non-hydrogen) atoms. The summed E-state index contributed by atoms with van der Waals surface area (Å²) >= 11 is 0. The SMILES string of the molecule is CC(C)(C)OC(=O)N(C(=O)OC(C)(C)C)c1ncccc1C#Cc1nccc2cnc(Nc3ccc(S(N)(=O)=O)cc3)cc12. The standard InChI is InChI=1S/C31H32N6O6S/c1-30(2,3)42-28(38)37(29(39)43-31(4,5)6)27-20(8-7-16-34-27)9-14-25-24-18-26(35-19-21(24)15-17-33-25)36-22-10-12-23(13-11-22)44(32,40)41/h7-8,10-13,15-19H,1-6H3,(H,35,36)(H2,32,40,41). The molecule has 3 N–H and O–H groups in total. The van der Waals surface area contributed by atoms with Crippen LogP contribution in [-0.2, 0) is 19.5 Å². The molecular weight excluding hydrogens is 584 g/mol. The van der Waals surface area contributed by atoms with Gasteiger partial charge in [-0.3, -0.25) is 0 Å². The van der Waals surface area contributed by atoms with Gasteiger partial charge in [0.15, 0.2) is 5.82 Å². The van der Waals surface area contributed by atoms with Crippen molar-refractivity contribution in [2.24, 2.45) is 5.14 Å². The highest BCUT2D eigenvalue weighted by atomic mass is 32.2. The Bertz CT molecular complexity index is 1860. The first-order chi connectivity index (χ1) is 20.5. The van der Waals surface area contributed by atoms with Crippen LogP contribution in [0.1, 0.15) is 52.8 Å². The van der Waals surface area contributed by atoms with Gasteiger partial charge in [-0.15, -0.1) is 0 Å². The number of aromatic nitrogens is 3. The number of rotatable bonds is 4. The quantitative estimate of drug-likeness (QED) is 0.280. The number of carbonyl (C=O) groups is 2. The van der Waals surface area contributed by atoms with E-state index in [0.717, 1.165) is 10.3 Å². The summed E-state index contributed by atoms with van der Waals surface area (Å²) in [6.45, 7) is 10.1. The third-order valence-corrected chi connectivity index (χ3v) is 6.50. The van der Waals surface area contributed by atoms with Crippen LogP contribution in [0.25, 0.3) is 10.8 Å². The second kappa shape index (κ2) is 12.3. The Labute approximate surface area is 255 Å². The molecule has 1 aromatic carbocycles. The van der Waals surface area contributed by atoms with Gasteiger partial charge in [0.1, 0.15) is 22.7 Å². The molecule has 0 spiro atoms. The maximum atomic E-state index is 13.2. The molecule has 0 saturated carbocycles. The van der Waals surface area contributed by atoms with Gasteiger partial charge in [-0.1, -0.05) is 5.92 Å². The molecule has 4 rings (SSSR count). The summed E-state index contributed by atoms with van der Waals surface area (Å²) < 4.78 is 34.1. The van der Waals surface area contributed by atoms with E-state index in [-0.39, 0.29) is 16.3 Å². The van der Waals surface area contributed by atoms with Crippen LogP contribution in [0.3, 0.4) is 0 Å². The number of primary sulfonamides is 1. The number of ether oxygens (including phenoxy) is 2. The number of nitrogens with zero attached hydrogens (tertiary/aromatic N) is 4. The Morgan fingerprint density at radius 2 is 1.50 bits per heavy atom. The summed E-state index contributed by atoms with van der Waals surface area (Å²) in [5, 5.41) is 9.73. The summed E-state index contributed by atoms with van der Waals surface area (Å²) in [6.07, 6.45) is 2.74. The van der Waals surface area contributed by atoms with Gasteiger partial charge in [0.2, 0.25) is 10.0 Å². The maximum absolute atomic E-state index is 13.2. The van der Waals surface area contributed by atoms with Crippen LogP contribution in [0.2, 0.25) is 0 Å². The van der Waals surface area contributed by atoms with Crippen molar-refractivity contribution in [2.45, 2.75) is 57.6 Å². The van der Waals surface area contributed by atoms with Crippen molar-refractivity contribution in [1.82, 2.24) is 15.0 Å². The normalized spacial score (nSPS) is 11.7. The molecular formula is C31H32N6O6S. The summed E-state index contributed by atoms with van der Waals surface area (Å²) in [4.78, 5) is 40.2. The van der Waals surface area contributed by atoms with Gasteiger partial charge in [0.25, 0.3) is 0 Å². The number of sulfonamides is 1. The van der Waals surface area contributed by atoms with Crippen molar-refractivity contribution < 1.29 is 27.5 Å². The predicted octanol–water partition coefficient (Wildman–Crippen LogP) is 5.49. The zero-order valence-corrected chi connectivity index (χ0v) is 25.9. The van der Waals surface area contributed by atoms with E-state index in [1.165, 1.54) is 18.3 Å². The number of hydrogen-bond acceptors (Lipinski definition) is 10. The Balaban J connectivity index is 1.72. The minimum atomic E-state index is -3.82. The number of hydrogen-bond donors (Lipinski definition) is 2. The Kier molecular flexibility index (Phi) is 8.89. The molecule has 0 saturated heterocycles. The lowest BCUT2D eigenvalue weighted by Crippen LogP contribution is -2.44. The Morgan fingerprint density at radius 3 is 2.09 bits per heavy atom. The van der Waals surface area contributed by atoms with Crippen LogP contribution in [0, 0.1) is 11.8 Å². The molecule has 2 amide bonds. The third-order valence-electron chi connectivity index (χ3n) is 5.57. The first-order valence-electron chi connectivity index (χ1n) is 13.4. The van der Waals surface area contributed by atoms with Gasteiger partial charge >= 0.3 is 12.2 Å². The van der Waals surface area contributed by atoms with E-state index in [1.54, 1.807) is 90.3 Å². The number of fused-ring (bicyclic) bond motifs is 1. The second-order valence-corrected chi connectivity index (χ2v) is 13.1. The fourth-order valence-electron chi connectivity index (χ4n) is 3.77. The van der Waals surface area contributed by atoms with Crippen molar-refractivity contribution >= 4 is 50.3 Å². The highest BCUT2D eigenvalue weighted by Crippen LogP contribution is 2.25. The predicted molar refractivity (Wildman–Crippen MR) is 166 cm³/mol. The molecule has 0 radical (unpaired) electrons. The summed E-state index contributed by atoms with van der Waals surface area (Å²) in [5.74, 6) is 6.40. The van der Waals surface area contributed by atoms with E-state index >= 15 is 0 Å². The summed E-state index contributed by atoms with van der Waals surface area (Å²) in [5.41, 5.74) is -0.548. The van der Waals surface area contributed by atoms with E-state index < -0.39 is 33.4 Å². The van der Waals surface area contributed by atoms with Crippen molar-refractivity contribution in [3.05, 3.63) is 78.4 Å². The Hall–Kier alpha value is -5.06. The largest absolute Gasteiger partial charge is 0.443 e. The fourth-order valence-corrected chi connectivity index (χ4v) is 4.29. The Morgan fingerprint density at radius 1 is 0.864 bits per heavy atom. The molecule has 3 aromatic heterocycles. The average molecular weight is 617 g/mol. The highest BCUT2D eigenvalue weighted by Gasteiger charge is 2.34. The zero-order chi connectivity index (χ0) is 32.3. The number of nitrogens with one attached hydrogen (secondary N) is 1. The second-order valence-electron chi connectivity index (χ2n) is 11.6. The number of benzene rings is 1. The van der Waals surface area contributed by atoms with Crippen molar-refractivity contribution in [3.8, 4) is 11.8 Å². The lowest BCUT2D eigenvalue weighted by molar-refractivity contribution is 0.0429. The molecule has 0 unspecified atom stereocenters. The van der Waals surface area contributed by atoms with Crippen molar-refractivity contribution in [2.75, 3.05) is 10.2 Å². The number of nitrogens with two attached hydrogens (primary N) is 1. The summed E-state index contributed by atoms with van der Waals surface area (Å²) in [7, 11) is -3.82. The van der Waals surface area contributed by atoms with Gasteiger partial charge in [-0.2, -0.15) is 4.90 Å². The van der Waals surface area contributed by atoms with Gasteiger partial charge in [-0.25, -0.2) is 38.1 Å². The topological polar surface area (TPSA) is 167 Å². The molecule has 3 heterocycles. The van der Waals surface area contributed by atoms with E-state index in [1.807, 2.05) is 0 Å². The van der Waals surface area contributed by atoms with E-state index in [0.29, 0.717) is 22.6 Å². The van der Waals surface area contributed by atoms with Crippen LogP contribution in [0.5, 0.6) is 0 Å². The molecule has 0 fully saturated rings. The number of amides is 2. The minimum absolute atomic E-state index is 0.0112. The molecule has 0 bridgehead atoms. The van der Waals surface area contributed by atoms with E-state index in [2.05, 4.69) is 32.1 Å². The summed E-state index contributed by atoms with van der Waals surface area (Å²) in [6, 6.07) is 12.7.